The van der Waals surface area contributed by atoms with Crippen molar-refractivity contribution >= 4 is 33.4 Å². The van der Waals surface area contributed by atoms with Crippen LogP contribution in [0, 0.1) is 0 Å². The Balaban J connectivity index is 1.57. The molecule has 0 spiro atoms. The third-order valence-corrected chi connectivity index (χ3v) is 5.59. The number of ether oxygens (including phenoxy) is 1. The number of carbonyl (C=O) groups excluding carboxylic acids is 2. The number of amides is 2. The lowest BCUT2D eigenvalue weighted by Crippen LogP contribution is -2.39. The fourth-order valence-corrected chi connectivity index (χ4v) is 3.68. The summed E-state index contributed by atoms with van der Waals surface area (Å²) in [7, 11) is 1.65. The van der Waals surface area contributed by atoms with Crippen LogP contribution in [0.25, 0.3) is 10.2 Å². The number of para-hydroxylation sites is 1. The van der Waals surface area contributed by atoms with Crippen molar-refractivity contribution in [1.29, 1.82) is 0 Å². The number of thiazole rings is 1. The average Bonchev–Trinajstić information content (AvgIpc) is 3.15. The van der Waals surface area contributed by atoms with Gasteiger partial charge >= 0.3 is 6.61 Å². The van der Waals surface area contributed by atoms with E-state index in [2.05, 4.69) is 15.0 Å². The van der Waals surface area contributed by atoms with E-state index in [0.29, 0.717) is 0 Å². The van der Waals surface area contributed by atoms with Gasteiger partial charge in [0.15, 0.2) is 0 Å². The van der Waals surface area contributed by atoms with Crippen molar-refractivity contribution in [1.82, 2.24) is 15.2 Å². The summed E-state index contributed by atoms with van der Waals surface area (Å²) >= 11 is 1.52. The van der Waals surface area contributed by atoms with Gasteiger partial charge in [0.2, 0.25) is 5.91 Å². The largest absolute Gasteiger partial charge is 0.435 e. The predicted octanol–water partition coefficient (Wildman–Crippen LogP) is 3.85. The van der Waals surface area contributed by atoms with E-state index < -0.39 is 12.5 Å². The van der Waals surface area contributed by atoms with Crippen LogP contribution in [0.1, 0.15) is 28.3 Å². The fraction of sp³-hybridized carbons (Fsp3) is 0.250. The third-order valence-electron chi connectivity index (χ3n) is 4.38. The van der Waals surface area contributed by atoms with Gasteiger partial charge in [0.05, 0.1) is 22.8 Å². The van der Waals surface area contributed by atoms with Crippen molar-refractivity contribution in [3.05, 3.63) is 59.1 Å². The summed E-state index contributed by atoms with van der Waals surface area (Å²) in [6, 6.07) is 12.7. The van der Waals surface area contributed by atoms with E-state index in [1.54, 1.807) is 7.05 Å². The highest BCUT2D eigenvalue weighted by Gasteiger charge is 2.21. The number of carbonyl (C=O) groups is 2. The van der Waals surface area contributed by atoms with E-state index in [0.717, 1.165) is 15.2 Å². The Morgan fingerprint density at radius 3 is 2.52 bits per heavy atom. The Bertz CT molecular complexity index is 975. The summed E-state index contributed by atoms with van der Waals surface area (Å²) < 4.78 is 29.6. The molecule has 0 bridgehead atoms. The summed E-state index contributed by atoms with van der Waals surface area (Å²) in [6.45, 7) is -1.25. The molecule has 1 aromatic heterocycles. The standard InChI is InChI=1S/C20H19F2N3O3S/c1-12(19-24-15-5-3-4-6-16(15)29-19)25(2)17(26)11-23-18(27)13-7-9-14(10-8-13)28-20(21)22/h3-10,12,20H,11H2,1-2H3,(H,23,27)/t12-/m1/s1. The zero-order chi connectivity index (χ0) is 21.0. The number of likely N-dealkylation sites (N-methyl/N-ethyl adjacent to an activating group) is 1. The number of rotatable bonds is 7. The minimum atomic E-state index is -2.93. The van der Waals surface area contributed by atoms with E-state index in [1.807, 2.05) is 31.2 Å². The molecule has 0 fully saturated rings. The Labute approximate surface area is 170 Å². The van der Waals surface area contributed by atoms with Crippen LogP contribution in [-0.4, -0.2) is 41.9 Å². The first-order valence-corrected chi connectivity index (χ1v) is 9.61. The van der Waals surface area contributed by atoms with Gasteiger partial charge in [-0.05, 0) is 43.3 Å². The molecule has 0 saturated carbocycles. The predicted molar refractivity (Wildman–Crippen MR) is 106 cm³/mol. The number of nitrogens with zero attached hydrogens (tertiary/aromatic N) is 2. The van der Waals surface area contributed by atoms with Crippen molar-refractivity contribution in [2.24, 2.45) is 0 Å². The van der Waals surface area contributed by atoms with Crippen LogP contribution in [0.15, 0.2) is 48.5 Å². The maximum absolute atomic E-state index is 12.5. The minimum Gasteiger partial charge on any atom is -0.435 e. The van der Waals surface area contributed by atoms with Crippen LogP contribution in [0.2, 0.25) is 0 Å². The summed E-state index contributed by atoms with van der Waals surface area (Å²) in [4.78, 5) is 30.7. The van der Waals surface area contributed by atoms with E-state index in [-0.39, 0.29) is 29.8 Å². The number of halogens is 2. The Morgan fingerprint density at radius 1 is 1.17 bits per heavy atom. The quantitative estimate of drug-likeness (QED) is 0.632. The van der Waals surface area contributed by atoms with Gasteiger partial charge in [-0.25, -0.2) is 4.98 Å². The van der Waals surface area contributed by atoms with Crippen molar-refractivity contribution < 1.29 is 23.1 Å². The van der Waals surface area contributed by atoms with Gasteiger partial charge in [-0.15, -0.1) is 11.3 Å². The number of hydrogen-bond acceptors (Lipinski definition) is 5. The highest BCUT2D eigenvalue weighted by molar-refractivity contribution is 7.18. The zero-order valence-corrected chi connectivity index (χ0v) is 16.6. The Morgan fingerprint density at radius 2 is 1.86 bits per heavy atom. The third kappa shape index (κ3) is 5.05. The number of benzene rings is 2. The van der Waals surface area contributed by atoms with Gasteiger partial charge in [-0.3, -0.25) is 9.59 Å². The van der Waals surface area contributed by atoms with Crippen molar-refractivity contribution in [3.63, 3.8) is 0 Å². The molecule has 0 unspecified atom stereocenters. The maximum Gasteiger partial charge on any atom is 0.387 e. The molecule has 2 aromatic carbocycles. The maximum atomic E-state index is 12.5. The smallest absolute Gasteiger partial charge is 0.387 e. The molecule has 1 N–H and O–H groups in total. The van der Waals surface area contributed by atoms with E-state index in [1.165, 1.54) is 40.5 Å². The number of aromatic nitrogens is 1. The molecule has 0 aliphatic rings. The highest BCUT2D eigenvalue weighted by atomic mass is 32.1. The van der Waals surface area contributed by atoms with Crippen LogP contribution in [0.4, 0.5) is 8.78 Å². The molecule has 6 nitrogen and oxygen atoms in total. The molecule has 2 amide bonds. The monoisotopic (exact) mass is 419 g/mol. The van der Waals surface area contributed by atoms with Crippen molar-refractivity contribution in [2.45, 2.75) is 19.6 Å². The van der Waals surface area contributed by atoms with Gasteiger partial charge in [0, 0.05) is 12.6 Å². The SMILES string of the molecule is C[C@H](c1nc2ccccc2s1)N(C)C(=O)CNC(=O)c1ccc(OC(F)F)cc1. The van der Waals surface area contributed by atoms with Gasteiger partial charge in [-0.2, -0.15) is 8.78 Å². The summed E-state index contributed by atoms with van der Waals surface area (Å²) in [6.07, 6.45) is 0. The number of nitrogens with one attached hydrogen (secondary N) is 1. The Hall–Kier alpha value is -3.07. The average molecular weight is 419 g/mol. The first-order chi connectivity index (χ1) is 13.8. The van der Waals surface area contributed by atoms with Crippen molar-refractivity contribution in [3.8, 4) is 5.75 Å². The normalized spacial score (nSPS) is 12.0. The van der Waals surface area contributed by atoms with Crippen LogP contribution in [-0.2, 0) is 4.79 Å². The summed E-state index contributed by atoms with van der Waals surface area (Å²) in [5.74, 6) is -0.803. The Kier molecular flexibility index (Phi) is 6.38. The molecule has 0 aliphatic carbocycles. The van der Waals surface area contributed by atoms with Gasteiger partial charge < -0.3 is 15.0 Å². The summed E-state index contributed by atoms with van der Waals surface area (Å²) in [5.41, 5.74) is 1.12. The molecule has 152 valence electrons. The van der Waals surface area contributed by atoms with Crippen LogP contribution >= 0.6 is 11.3 Å². The number of hydrogen-bond donors (Lipinski definition) is 1. The fourth-order valence-electron chi connectivity index (χ4n) is 2.62. The molecular weight excluding hydrogens is 400 g/mol. The molecule has 3 rings (SSSR count). The van der Waals surface area contributed by atoms with Crippen LogP contribution in [0.3, 0.4) is 0 Å². The first kappa shape index (κ1) is 20.7. The number of fused-ring (bicyclic) bond motifs is 1. The molecule has 9 heteroatoms. The van der Waals surface area contributed by atoms with Crippen molar-refractivity contribution in [2.75, 3.05) is 13.6 Å². The van der Waals surface area contributed by atoms with Gasteiger partial charge in [-0.1, -0.05) is 12.1 Å². The second-order valence-electron chi connectivity index (χ2n) is 6.29. The second kappa shape index (κ2) is 8.95. The zero-order valence-electron chi connectivity index (χ0n) is 15.8. The minimum absolute atomic E-state index is 0.0444. The summed E-state index contributed by atoms with van der Waals surface area (Å²) in [5, 5.41) is 3.35. The molecule has 29 heavy (non-hydrogen) atoms. The number of alkyl halides is 2. The molecule has 3 aromatic rings. The van der Waals surface area contributed by atoms with Gasteiger partial charge in [0.1, 0.15) is 10.8 Å². The topological polar surface area (TPSA) is 71.5 Å². The van der Waals surface area contributed by atoms with E-state index >= 15 is 0 Å². The van der Waals surface area contributed by atoms with E-state index in [9.17, 15) is 18.4 Å². The van der Waals surface area contributed by atoms with Crippen LogP contribution < -0.4 is 10.1 Å². The van der Waals surface area contributed by atoms with Crippen LogP contribution in [0.5, 0.6) is 5.75 Å². The lowest BCUT2D eigenvalue weighted by atomic mass is 10.2. The molecular formula is C20H19F2N3O3S. The van der Waals surface area contributed by atoms with Gasteiger partial charge in [0.25, 0.3) is 5.91 Å². The highest BCUT2D eigenvalue weighted by Crippen LogP contribution is 2.28. The lowest BCUT2D eigenvalue weighted by Gasteiger charge is -2.23. The molecule has 0 saturated heterocycles. The molecule has 0 radical (unpaired) electrons. The molecule has 0 aliphatic heterocycles. The lowest BCUT2D eigenvalue weighted by molar-refractivity contribution is -0.130. The first-order valence-electron chi connectivity index (χ1n) is 8.79. The van der Waals surface area contributed by atoms with E-state index in [4.69, 9.17) is 0 Å². The molecule has 1 heterocycles. The second-order valence-corrected chi connectivity index (χ2v) is 7.35. The molecule has 1 atom stereocenters.